The number of carbonyl (C=O) groups excluding carboxylic acids is 2. The van der Waals surface area contributed by atoms with Gasteiger partial charge in [-0.3, -0.25) is 14.4 Å². The Labute approximate surface area is 186 Å². The van der Waals surface area contributed by atoms with Crippen molar-refractivity contribution in [1.29, 1.82) is 0 Å². The number of aryl methyl sites for hydroxylation is 1. The summed E-state index contributed by atoms with van der Waals surface area (Å²) in [6, 6.07) is 6.55. The Kier molecular flexibility index (Phi) is 4.82. The first-order valence-electron chi connectivity index (χ1n) is 10.3. The molecule has 5 rings (SSSR count). The van der Waals surface area contributed by atoms with Gasteiger partial charge in [-0.05, 0) is 65.6 Å². The van der Waals surface area contributed by atoms with E-state index >= 15 is 4.39 Å². The molecule has 0 aliphatic heterocycles. The van der Waals surface area contributed by atoms with Crippen molar-refractivity contribution >= 4 is 33.9 Å². The van der Waals surface area contributed by atoms with Crippen LogP contribution in [0.15, 0.2) is 40.6 Å². The van der Waals surface area contributed by atoms with Crippen molar-refractivity contribution in [3.05, 3.63) is 79.3 Å². The topological polar surface area (TPSA) is 97.9 Å². The lowest BCUT2D eigenvalue weighted by Crippen LogP contribution is -2.12. The van der Waals surface area contributed by atoms with Crippen LogP contribution in [0.25, 0.3) is 22.0 Å². The number of primary amides is 1. The lowest BCUT2D eigenvalue weighted by atomic mass is 9.96. The monoisotopic (exact) mass is 449 g/mol. The van der Waals surface area contributed by atoms with Crippen molar-refractivity contribution < 1.29 is 14.0 Å². The Morgan fingerprint density at radius 1 is 1.25 bits per heavy atom. The Balaban J connectivity index is 1.87. The molecule has 0 radical (unpaired) electrons. The Morgan fingerprint density at radius 2 is 2.03 bits per heavy atom. The van der Waals surface area contributed by atoms with E-state index in [1.54, 1.807) is 34.3 Å². The smallest absolute Gasteiger partial charge is 0.258 e. The van der Waals surface area contributed by atoms with E-state index in [0.717, 1.165) is 22.9 Å². The molecule has 1 aromatic carbocycles. The normalized spacial score (nSPS) is 12.9. The number of carbonyl (C=O) groups is 2. The molecule has 4 aromatic rings. The number of ketones is 1. The van der Waals surface area contributed by atoms with Crippen molar-refractivity contribution in [3.8, 4) is 11.1 Å². The Hall–Kier alpha value is -3.52. The second-order valence-corrected chi connectivity index (χ2v) is 8.94. The van der Waals surface area contributed by atoms with Crippen molar-refractivity contribution in [2.45, 2.75) is 32.7 Å². The number of nitrogens with one attached hydrogen (secondary N) is 1. The first-order chi connectivity index (χ1) is 15.4. The molecule has 3 aromatic heterocycles. The molecule has 1 aliphatic carbocycles. The molecule has 6 nitrogen and oxygen atoms in total. The number of pyridine rings is 1. The molecule has 0 unspecified atom stereocenters. The fraction of sp³-hybridized carbons (Fsp3) is 0.208. The summed E-state index contributed by atoms with van der Waals surface area (Å²) in [6.45, 7) is 1.70. The summed E-state index contributed by atoms with van der Waals surface area (Å²) >= 11 is 1.22. The van der Waals surface area contributed by atoms with Crippen LogP contribution < -0.4 is 11.3 Å². The van der Waals surface area contributed by atoms with Gasteiger partial charge in [-0.25, -0.2) is 4.39 Å². The summed E-state index contributed by atoms with van der Waals surface area (Å²) in [7, 11) is 0. The van der Waals surface area contributed by atoms with E-state index in [2.05, 4.69) is 4.98 Å². The van der Waals surface area contributed by atoms with Gasteiger partial charge in [0, 0.05) is 36.2 Å². The van der Waals surface area contributed by atoms with Crippen LogP contribution in [0.2, 0.25) is 0 Å². The third-order valence-corrected chi connectivity index (χ3v) is 7.03. The number of aromatic nitrogens is 2. The molecule has 3 N–H and O–H groups in total. The second kappa shape index (κ2) is 7.56. The number of Topliss-reactive ketones (excluding diaryl/α,β-unsaturated/α-hetero) is 1. The number of rotatable bonds is 5. The molecule has 162 valence electrons. The van der Waals surface area contributed by atoms with Gasteiger partial charge in [0.05, 0.1) is 16.1 Å². The van der Waals surface area contributed by atoms with Gasteiger partial charge in [0.25, 0.3) is 11.5 Å². The van der Waals surface area contributed by atoms with Crippen LogP contribution in [-0.2, 0) is 19.4 Å². The number of H-pyrrole nitrogens is 1. The Morgan fingerprint density at radius 3 is 2.72 bits per heavy atom. The maximum Gasteiger partial charge on any atom is 0.258 e. The van der Waals surface area contributed by atoms with Gasteiger partial charge in [0.1, 0.15) is 5.82 Å². The van der Waals surface area contributed by atoms with Gasteiger partial charge in [-0.1, -0.05) is 0 Å². The standard InChI is InChI=1S/C24H20FN3O3S/c1-12(29)22-21(16-6-3-7-27-24(16)31)20-15-5-2-4-14(15)17(25)9-18(20)28(22)10-13-8-19(23(26)30)32-11-13/h3,6-9,11H,2,4-5,10H2,1H3,(H2,26,30)(H,27,31). The van der Waals surface area contributed by atoms with Gasteiger partial charge in [-0.15, -0.1) is 11.3 Å². The lowest BCUT2D eigenvalue weighted by molar-refractivity contribution is 0.0996. The molecule has 3 heterocycles. The quantitative estimate of drug-likeness (QED) is 0.450. The number of fused-ring (bicyclic) bond motifs is 3. The lowest BCUT2D eigenvalue weighted by Gasteiger charge is -2.10. The predicted molar refractivity (Wildman–Crippen MR) is 122 cm³/mol. The predicted octanol–water partition coefficient (Wildman–Crippen LogP) is 4.04. The molecule has 0 bridgehead atoms. The number of benzene rings is 1. The summed E-state index contributed by atoms with van der Waals surface area (Å²) in [5.74, 6) is -1.04. The largest absolute Gasteiger partial charge is 0.365 e. The molecule has 1 amide bonds. The van der Waals surface area contributed by atoms with Gasteiger partial charge in [-0.2, -0.15) is 0 Å². The summed E-state index contributed by atoms with van der Waals surface area (Å²) in [5, 5.41) is 2.56. The summed E-state index contributed by atoms with van der Waals surface area (Å²) < 4.78 is 16.8. The number of halogens is 1. The molecular formula is C24H20FN3O3S. The molecule has 0 atom stereocenters. The van der Waals surface area contributed by atoms with Crippen molar-refractivity contribution in [3.63, 3.8) is 0 Å². The van der Waals surface area contributed by atoms with E-state index in [1.807, 2.05) is 0 Å². The number of hydrogen-bond donors (Lipinski definition) is 2. The van der Waals surface area contributed by atoms with Crippen molar-refractivity contribution in [1.82, 2.24) is 9.55 Å². The molecule has 0 fully saturated rings. The highest BCUT2D eigenvalue weighted by Crippen LogP contribution is 2.41. The first-order valence-corrected chi connectivity index (χ1v) is 11.2. The van der Waals surface area contributed by atoms with Crippen LogP contribution in [0.4, 0.5) is 4.39 Å². The highest BCUT2D eigenvalue weighted by molar-refractivity contribution is 7.12. The third kappa shape index (κ3) is 3.10. The second-order valence-electron chi connectivity index (χ2n) is 8.03. The maximum absolute atomic E-state index is 15.0. The van der Waals surface area contributed by atoms with Gasteiger partial charge in [0.15, 0.2) is 5.78 Å². The SMILES string of the molecule is CC(=O)c1c(-c2ccc[nH]c2=O)c2c3c(c(F)cc2n1Cc1csc(C(N)=O)c1)CCC3. The summed E-state index contributed by atoms with van der Waals surface area (Å²) in [4.78, 5) is 40.3. The van der Waals surface area contributed by atoms with E-state index in [0.29, 0.717) is 45.6 Å². The number of nitrogens with zero attached hydrogens (tertiary/aromatic N) is 1. The van der Waals surface area contributed by atoms with Crippen LogP contribution in [0.1, 0.15) is 50.2 Å². The van der Waals surface area contributed by atoms with Crippen LogP contribution in [-0.4, -0.2) is 21.2 Å². The minimum atomic E-state index is -0.522. The number of amides is 1. The molecule has 0 saturated heterocycles. The average molecular weight is 450 g/mol. The van der Waals surface area contributed by atoms with Crippen molar-refractivity contribution in [2.24, 2.45) is 5.73 Å². The van der Waals surface area contributed by atoms with Crippen LogP contribution in [0.5, 0.6) is 0 Å². The van der Waals surface area contributed by atoms with Crippen LogP contribution >= 0.6 is 11.3 Å². The number of thiophene rings is 1. The third-order valence-electron chi connectivity index (χ3n) is 6.03. The summed E-state index contributed by atoms with van der Waals surface area (Å²) in [5.41, 5.74) is 9.22. The van der Waals surface area contributed by atoms with Crippen molar-refractivity contribution in [2.75, 3.05) is 0 Å². The van der Waals surface area contributed by atoms with E-state index in [9.17, 15) is 14.4 Å². The van der Waals surface area contributed by atoms with E-state index in [1.165, 1.54) is 24.3 Å². The van der Waals surface area contributed by atoms with Crippen LogP contribution in [0, 0.1) is 5.82 Å². The molecule has 0 spiro atoms. The van der Waals surface area contributed by atoms with Crippen LogP contribution in [0.3, 0.4) is 0 Å². The zero-order valence-electron chi connectivity index (χ0n) is 17.3. The zero-order valence-corrected chi connectivity index (χ0v) is 18.1. The number of hydrogen-bond acceptors (Lipinski definition) is 4. The maximum atomic E-state index is 15.0. The molecular weight excluding hydrogens is 429 g/mol. The Bertz CT molecular complexity index is 1480. The minimum Gasteiger partial charge on any atom is -0.365 e. The highest BCUT2D eigenvalue weighted by atomic mass is 32.1. The van der Waals surface area contributed by atoms with Gasteiger partial charge >= 0.3 is 0 Å². The van der Waals surface area contributed by atoms with Gasteiger partial charge in [0.2, 0.25) is 0 Å². The first kappa shape index (κ1) is 20.4. The fourth-order valence-electron chi connectivity index (χ4n) is 4.76. The highest BCUT2D eigenvalue weighted by Gasteiger charge is 2.29. The molecule has 32 heavy (non-hydrogen) atoms. The van der Waals surface area contributed by atoms with Gasteiger partial charge < -0.3 is 15.3 Å². The molecule has 1 aliphatic rings. The number of nitrogens with two attached hydrogens (primary N) is 1. The molecule has 8 heteroatoms. The summed E-state index contributed by atoms with van der Waals surface area (Å²) in [6.07, 6.45) is 3.68. The van der Waals surface area contributed by atoms with E-state index < -0.39 is 5.91 Å². The van der Waals surface area contributed by atoms with E-state index in [-0.39, 0.29) is 23.7 Å². The molecule has 0 saturated carbocycles. The van der Waals surface area contributed by atoms with E-state index in [4.69, 9.17) is 5.73 Å². The average Bonchev–Trinajstić information content (AvgIpc) is 3.47. The fourth-order valence-corrected chi connectivity index (χ4v) is 5.52. The zero-order chi connectivity index (χ0) is 22.6. The number of aromatic amines is 1. The minimum absolute atomic E-state index is 0.225.